The van der Waals surface area contributed by atoms with Gasteiger partial charge in [0.15, 0.2) is 0 Å². The minimum Gasteiger partial charge on any atom is -0.366 e. The Morgan fingerprint density at radius 2 is 1.78 bits per heavy atom. The number of carbonyl (C=O) groups is 1. The molecule has 0 radical (unpaired) electrons. The highest BCUT2D eigenvalue weighted by Gasteiger charge is 2.25. The van der Waals surface area contributed by atoms with Crippen LogP contribution < -0.4 is 10.0 Å². The first kappa shape index (κ1) is 15.6. The number of hydrogen-bond acceptors (Lipinski definition) is 3. The van der Waals surface area contributed by atoms with Crippen LogP contribution in [0.5, 0.6) is 0 Å². The highest BCUT2D eigenvalue weighted by atomic mass is 32.2. The minimum atomic E-state index is -3.74. The number of hydrogen-bond donors (Lipinski definition) is 1. The van der Waals surface area contributed by atoms with E-state index in [-0.39, 0.29) is 16.1 Å². The van der Waals surface area contributed by atoms with Crippen molar-refractivity contribution in [1.29, 1.82) is 0 Å². The van der Waals surface area contributed by atoms with Gasteiger partial charge in [-0.3, -0.25) is 9.10 Å². The average Bonchev–Trinajstić information content (AvgIpc) is 3.01. The summed E-state index contributed by atoms with van der Waals surface area (Å²) in [7, 11) is -2.31. The van der Waals surface area contributed by atoms with E-state index in [9.17, 15) is 13.2 Å². The number of nitrogens with zero attached hydrogens (tertiary/aromatic N) is 1. The third-order valence-electron chi connectivity index (χ3n) is 4.24. The number of anilines is 1. The van der Waals surface area contributed by atoms with Gasteiger partial charge in [0, 0.05) is 7.05 Å². The Morgan fingerprint density at radius 1 is 1.09 bits per heavy atom. The van der Waals surface area contributed by atoms with Crippen molar-refractivity contribution >= 4 is 21.6 Å². The molecule has 0 saturated carbocycles. The lowest BCUT2D eigenvalue weighted by atomic mass is 10.1. The zero-order valence-corrected chi connectivity index (χ0v) is 13.6. The summed E-state index contributed by atoms with van der Waals surface area (Å²) in [6, 6.07) is 11.7. The SMILES string of the molecule is CN(c1ccccc1C(N)=O)S(=O)(=O)c1ccc2c(c1)CCC2. The Balaban J connectivity index is 2.05. The van der Waals surface area contributed by atoms with Gasteiger partial charge in [0.2, 0.25) is 0 Å². The number of benzene rings is 2. The van der Waals surface area contributed by atoms with E-state index in [4.69, 9.17) is 5.73 Å². The molecule has 0 bridgehead atoms. The second-order valence-electron chi connectivity index (χ2n) is 5.64. The van der Waals surface area contributed by atoms with E-state index >= 15 is 0 Å². The maximum atomic E-state index is 12.9. The molecule has 2 N–H and O–H groups in total. The first-order chi connectivity index (χ1) is 10.9. The number of amides is 1. The molecule has 2 aromatic carbocycles. The lowest BCUT2D eigenvalue weighted by Crippen LogP contribution is -2.29. The summed E-state index contributed by atoms with van der Waals surface area (Å²) in [5.74, 6) is -0.656. The fourth-order valence-electron chi connectivity index (χ4n) is 2.95. The van der Waals surface area contributed by atoms with Gasteiger partial charge in [-0.15, -0.1) is 0 Å². The largest absolute Gasteiger partial charge is 0.366 e. The van der Waals surface area contributed by atoms with Gasteiger partial charge >= 0.3 is 0 Å². The molecular weight excluding hydrogens is 312 g/mol. The zero-order chi connectivity index (χ0) is 16.6. The van der Waals surface area contributed by atoms with Crippen molar-refractivity contribution in [3.63, 3.8) is 0 Å². The third-order valence-corrected chi connectivity index (χ3v) is 6.00. The number of carbonyl (C=O) groups excluding carboxylic acids is 1. The molecule has 0 aliphatic heterocycles. The topological polar surface area (TPSA) is 80.5 Å². The smallest absolute Gasteiger partial charge is 0.264 e. The molecule has 0 spiro atoms. The Bertz CT molecular complexity index is 875. The molecule has 0 heterocycles. The highest BCUT2D eigenvalue weighted by Crippen LogP contribution is 2.29. The van der Waals surface area contributed by atoms with Crippen molar-refractivity contribution in [2.24, 2.45) is 5.73 Å². The second kappa shape index (κ2) is 5.70. The van der Waals surface area contributed by atoms with E-state index in [0.29, 0.717) is 0 Å². The van der Waals surface area contributed by atoms with Crippen LogP contribution in [0.2, 0.25) is 0 Å². The number of fused-ring (bicyclic) bond motifs is 1. The number of primary amides is 1. The quantitative estimate of drug-likeness (QED) is 0.932. The van der Waals surface area contributed by atoms with Crippen molar-refractivity contribution in [3.05, 3.63) is 59.2 Å². The summed E-state index contributed by atoms with van der Waals surface area (Å²) in [5.41, 5.74) is 8.10. The molecular formula is C17H18N2O3S. The van der Waals surface area contributed by atoms with Crippen LogP contribution in [-0.4, -0.2) is 21.4 Å². The van der Waals surface area contributed by atoms with Gasteiger partial charge < -0.3 is 5.73 Å². The molecule has 3 rings (SSSR count). The number of rotatable bonds is 4. The van der Waals surface area contributed by atoms with Gasteiger partial charge in [-0.25, -0.2) is 8.42 Å². The number of sulfonamides is 1. The molecule has 120 valence electrons. The van der Waals surface area contributed by atoms with E-state index in [1.165, 1.54) is 18.7 Å². The van der Waals surface area contributed by atoms with Gasteiger partial charge in [-0.1, -0.05) is 18.2 Å². The maximum absolute atomic E-state index is 12.9. The molecule has 1 amide bonds. The van der Waals surface area contributed by atoms with Crippen molar-refractivity contribution < 1.29 is 13.2 Å². The summed E-state index contributed by atoms with van der Waals surface area (Å²) in [4.78, 5) is 11.8. The van der Waals surface area contributed by atoms with Gasteiger partial charge in [-0.05, 0) is 54.7 Å². The molecule has 0 atom stereocenters. The summed E-state index contributed by atoms with van der Waals surface area (Å²) in [6.45, 7) is 0. The molecule has 2 aromatic rings. The monoisotopic (exact) mass is 330 g/mol. The zero-order valence-electron chi connectivity index (χ0n) is 12.8. The Hall–Kier alpha value is -2.34. The summed E-state index contributed by atoms with van der Waals surface area (Å²) in [6.07, 6.45) is 2.95. The van der Waals surface area contributed by atoms with Gasteiger partial charge in [0.1, 0.15) is 0 Å². The van der Waals surface area contributed by atoms with Crippen LogP contribution in [0.25, 0.3) is 0 Å². The summed E-state index contributed by atoms with van der Waals surface area (Å²) < 4.78 is 26.9. The third kappa shape index (κ3) is 2.70. The van der Waals surface area contributed by atoms with Crippen molar-refractivity contribution in [3.8, 4) is 0 Å². The normalized spacial score (nSPS) is 13.6. The maximum Gasteiger partial charge on any atom is 0.264 e. The molecule has 1 aliphatic carbocycles. The minimum absolute atomic E-state index is 0.180. The first-order valence-electron chi connectivity index (χ1n) is 7.41. The summed E-state index contributed by atoms with van der Waals surface area (Å²) >= 11 is 0. The van der Waals surface area contributed by atoms with Crippen molar-refractivity contribution in [2.75, 3.05) is 11.4 Å². The van der Waals surface area contributed by atoms with Crippen molar-refractivity contribution in [1.82, 2.24) is 0 Å². The lowest BCUT2D eigenvalue weighted by molar-refractivity contribution is 0.100. The first-order valence-corrected chi connectivity index (χ1v) is 8.85. The van der Waals surface area contributed by atoms with E-state index in [0.717, 1.165) is 29.1 Å². The fraction of sp³-hybridized carbons (Fsp3) is 0.235. The average molecular weight is 330 g/mol. The van der Waals surface area contributed by atoms with E-state index < -0.39 is 15.9 Å². The van der Waals surface area contributed by atoms with Crippen LogP contribution in [0.1, 0.15) is 27.9 Å². The number of para-hydroxylation sites is 1. The molecule has 23 heavy (non-hydrogen) atoms. The van der Waals surface area contributed by atoms with Gasteiger partial charge in [-0.2, -0.15) is 0 Å². The Kier molecular flexibility index (Phi) is 3.85. The van der Waals surface area contributed by atoms with Crippen molar-refractivity contribution in [2.45, 2.75) is 24.2 Å². The van der Waals surface area contributed by atoms with Gasteiger partial charge in [0.05, 0.1) is 16.1 Å². The van der Waals surface area contributed by atoms with Crippen LogP contribution in [-0.2, 0) is 22.9 Å². The summed E-state index contributed by atoms with van der Waals surface area (Å²) in [5, 5.41) is 0. The molecule has 0 fully saturated rings. The number of aryl methyl sites for hydroxylation is 2. The highest BCUT2D eigenvalue weighted by molar-refractivity contribution is 7.92. The molecule has 6 heteroatoms. The van der Waals surface area contributed by atoms with E-state index in [1.807, 2.05) is 6.07 Å². The molecule has 1 aliphatic rings. The van der Waals surface area contributed by atoms with Crippen LogP contribution >= 0.6 is 0 Å². The molecule has 0 saturated heterocycles. The van der Waals surface area contributed by atoms with Crippen LogP contribution in [0, 0.1) is 0 Å². The molecule has 5 nitrogen and oxygen atoms in total. The Morgan fingerprint density at radius 3 is 2.52 bits per heavy atom. The lowest BCUT2D eigenvalue weighted by Gasteiger charge is -2.21. The fourth-order valence-corrected chi connectivity index (χ4v) is 4.22. The predicted octanol–water partition coefficient (Wildman–Crippen LogP) is 2.10. The Labute approximate surface area is 135 Å². The standard InChI is InChI=1S/C17H18N2O3S/c1-19(16-8-3-2-7-15(16)17(18)20)23(21,22)14-10-9-12-5-4-6-13(12)11-14/h2-3,7-11H,4-6H2,1H3,(H2,18,20). The van der Waals surface area contributed by atoms with Gasteiger partial charge in [0.25, 0.3) is 15.9 Å². The van der Waals surface area contributed by atoms with Crippen LogP contribution in [0.4, 0.5) is 5.69 Å². The van der Waals surface area contributed by atoms with Crippen LogP contribution in [0.3, 0.4) is 0 Å². The van der Waals surface area contributed by atoms with E-state index in [1.54, 1.807) is 30.3 Å². The van der Waals surface area contributed by atoms with Crippen LogP contribution in [0.15, 0.2) is 47.4 Å². The number of nitrogens with two attached hydrogens (primary N) is 1. The molecule has 0 unspecified atom stereocenters. The second-order valence-corrected chi connectivity index (χ2v) is 7.61. The predicted molar refractivity (Wildman–Crippen MR) is 89.0 cm³/mol. The van der Waals surface area contributed by atoms with E-state index in [2.05, 4.69) is 0 Å². The molecule has 0 aromatic heterocycles.